The minimum Gasteiger partial charge on any atom is -1.00 e. The van der Waals surface area contributed by atoms with Crippen molar-refractivity contribution in [1.82, 2.24) is 0 Å². The van der Waals surface area contributed by atoms with E-state index in [4.69, 9.17) is 11.6 Å². The summed E-state index contributed by atoms with van der Waals surface area (Å²) in [6, 6.07) is 13.3. The van der Waals surface area contributed by atoms with Gasteiger partial charge in [-0.1, -0.05) is 91.8 Å². The van der Waals surface area contributed by atoms with Crippen LogP contribution in [0.2, 0.25) is 0 Å². The average molecular weight is 464 g/mol. The SMILES string of the molecule is CC(C)c1cccc(C(C)C)c1N(C)C(Cl)=[N+](C)c1c(C(C)C)cccc1C(C)C.[Cl-]. The smallest absolute Gasteiger partial charge is 0.355 e. The van der Waals surface area contributed by atoms with Gasteiger partial charge in [0, 0.05) is 33.9 Å². The molecule has 0 saturated heterocycles. The van der Waals surface area contributed by atoms with Gasteiger partial charge < -0.3 is 12.4 Å². The molecule has 2 aromatic carbocycles. The van der Waals surface area contributed by atoms with Crippen LogP contribution in [-0.2, 0) is 0 Å². The molecule has 0 radical (unpaired) electrons. The molecule has 0 aliphatic rings. The number of hydrogen-bond donors (Lipinski definition) is 0. The lowest BCUT2D eigenvalue weighted by atomic mass is 9.92. The lowest BCUT2D eigenvalue weighted by Crippen LogP contribution is -3.00. The van der Waals surface area contributed by atoms with Crippen LogP contribution in [0.15, 0.2) is 36.4 Å². The van der Waals surface area contributed by atoms with Crippen molar-refractivity contribution in [3.8, 4) is 0 Å². The Labute approximate surface area is 201 Å². The molecule has 0 aliphatic carbocycles. The molecular formula is C27H40Cl2N2. The molecule has 0 fully saturated rings. The van der Waals surface area contributed by atoms with Gasteiger partial charge in [0.25, 0.3) is 0 Å². The van der Waals surface area contributed by atoms with E-state index in [1.807, 2.05) is 0 Å². The summed E-state index contributed by atoms with van der Waals surface area (Å²) in [6.07, 6.45) is 0. The lowest BCUT2D eigenvalue weighted by molar-refractivity contribution is -0.404. The normalized spacial score (nSPS) is 12.5. The average Bonchev–Trinajstić information content (AvgIpc) is 2.70. The van der Waals surface area contributed by atoms with Crippen LogP contribution in [-0.4, -0.2) is 24.0 Å². The van der Waals surface area contributed by atoms with Crippen molar-refractivity contribution < 1.29 is 17.0 Å². The number of nitrogens with zero attached hydrogens (tertiary/aromatic N) is 2. The molecule has 0 spiro atoms. The van der Waals surface area contributed by atoms with Crippen LogP contribution in [0.4, 0.5) is 11.4 Å². The summed E-state index contributed by atoms with van der Waals surface area (Å²) in [5.74, 6) is 1.69. The molecule has 31 heavy (non-hydrogen) atoms. The Morgan fingerprint density at radius 2 is 1.03 bits per heavy atom. The summed E-state index contributed by atoms with van der Waals surface area (Å²) >= 11 is 7.13. The second kappa shape index (κ2) is 11.4. The first kappa shape index (κ1) is 27.5. The van der Waals surface area contributed by atoms with Crippen LogP contribution in [0.1, 0.15) is 101 Å². The zero-order valence-corrected chi connectivity index (χ0v) is 22.4. The highest BCUT2D eigenvalue weighted by atomic mass is 35.5. The number of hydrogen-bond acceptors (Lipinski definition) is 0. The zero-order valence-electron chi connectivity index (χ0n) is 20.9. The van der Waals surface area contributed by atoms with Crippen molar-refractivity contribution >= 4 is 28.3 Å². The van der Waals surface area contributed by atoms with Crippen molar-refractivity contribution in [1.29, 1.82) is 0 Å². The summed E-state index contributed by atoms with van der Waals surface area (Å²) in [6.45, 7) is 18.0. The number of rotatable bonds is 6. The molecule has 2 nitrogen and oxygen atoms in total. The van der Waals surface area contributed by atoms with E-state index < -0.39 is 0 Å². The van der Waals surface area contributed by atoms with Gasteiger partial charge in [0.05, 0.1) is 14.1 Å². The van der Waals surface area contributed by atoms with Gasteiger partial charge >= 0.3 is 5.29 Å². The molecule has 0 saturated carbocycles. The van der Waals surface area contributed by atoms with Crippen LogP contribution in [0, 0.1) is 0 Å². The fourth-order valence-electron chi connectivity index (χ4n) is 4.21. The first-order chi connectivity index (χ1) is 14.0. The summed E-state index contributed by atoms with van der Waals surface area (Å²) in [7, 11) is 4.19. The molecular weight excluding hydrogens is 423 g/mol. The number of amidine groups is 1. The van der Waals surface area contributed by atoms with Gasteiger partial charge in [-0.2, -0.15) is 0 Å². The van der Waals surface area contributed by atoms with Crippen LogP contribution in [0.3, 0.4) is 0 Å². The number of para-hydroxylation sites is 2. The van der Waals surface area contributed by atoms with Crippen molar-refractivity contribution in [3.63, 3.8) is 0 Å². The minimum atomic E-state index is 0. The van der Waals surface area contributed by atoms with Crippen LogP contribution in [0.25, 0.3) is 0 Å². The van der Waals surface area contributed by atoms with Crippen LogP contribution in [0.5, 0.6) is 0 Å². The van der Waals surface area contributed by atoms with Gasteiger partial charge in [0.1, 0.15) is 11.4 Å². The molecule has 0 N–H and O–H groups in total. The summed E-state index contributed by atoms with van der Waals surface area (Å²) in [4.78, 5) is 2.17. The van der Waals surface area contributed by atoms with Gasteiger partial charge in [-0.3, -0.25) is 0 Å². The number of anilines is 1. The first-order valence-corrected chi connectivity index (χ1v) is 11.6. The van der Waals surface area contributed by atoms with E-state index >= 15 is 0 Å². The Morgan fingerprint density at radius 3 is 1.35 bits per heavy atom. The van der Waals surface area contributed by atoms with E-state index in [2.05, 4.69) is 115 Å². The predicted octanol–water partition coefficient (Wildman–Crippen LogP) is 5.19. The van der Waals surface area contributed by atoms with Gasteiger partial charge in [-0.05, 0) is 23.7 Å². The molecule has 2 rings (SSSR count). The van der Waals surface area contributed by atoms with E-state index in [0.29, 0.717) is 23.7 Å². The maximum Gasteiger partial charge on any atom is 0.355 e. The molecule has 0 heterocycles. The van der Waals surface area contributed by atoms with Gasteiger partial charge in [-0.25, -0.2) is 9.48 Å². The fourth-order valence-corrected chi connectivity index (χ4v) is 4.38. The molecule has 4 heteroatoms. The second-order valence-electron chi connectivity index (χ2n) is 9.58. The molecule has 2 aromatic rings. The van der Waals surface area contributed by atoms with Crippen LogP contribution < -0.4 is 17.3 Å². The Bertz CT molecular complexity index is 859. The van der Waals surface area contributed by atoms with Gasteiger partial charge in [0.15, 0.2) is 0 Å². The summed E-state index contributed by atoms with van der Waals surface area (Å²) in [5.41, 5.74) is 7.78. The highest BCUT2D eigenvalue weighted by molar-refractivity contribution is 6.66. The lowest BCUT2D eigenvalue weighted by Gasteiger charge is -2.24. The highest BCUT2D eigenvalue weighted by Crippen LogP contribution is 2.37. The molecule has 172 valence electrons. The van der Waals surface area contributed by atoms with E-state index in [1.165, 1.54) is 33.6 Å². The fraction of sp³-hybridized carbons (Fsp3) is 0.519. The molecule has 0 amide bonds. The van der Waals surface area contributed by atoms with Crippen molar-refractivity contribution in [3.05, 3.63) is 58.7 Å². The largest absolute Gasteiger partial charge is 1.00 e. The van der Waals surface area contributed by atoms with Crippen molar-refractivity contribution in [2.24, 2.45) is 0 Å². The maximum atomic E-state index is 7.13. The third kappa shape index (κ3) is 5.84. The molecule has 0 unspecified atom stereocenters. The van der Waals surface area contributed by atoms with Crippen molar-refractivity contribution in [2.45, 2.75) is 79.1 Å². The van der Waals surface area contributed by atoms with Gasteiger partial charge in [0.2, 0.25) is 0 Å². The third-order valence-corrected chi connectivity index (χ3v) is 6.42. The molecule has 0 aromatic heterocycles. The highest BCUT2D eigenvalue weighted by Gasteiger charge is 2.28. The van der Waals surface area contributed by atoms with E-state index in [0.717, 1.165) is 5.29 Å². The Hall–Kier alpha value is -1.51. The quantitative estimate of drug-likeness (QED) is 0.247. The zero-order chi connectivity index (χ0) is 22.7. The Kier molecular flexibility index (Phi) is 10.1. The minimum absolute atomic E-state index is 0. The Morgan fingerprint density at radius 1 is 0.710 bits per heavy atom. The first-order valence-electron chi connectivity index (χ1n) is 11.2. The topological polar surface area (TPSA) is 6.25 Å². The number of benzene rings is 2. The Balaban J connectivity index is 0.00000480. The van der Waals surface area contributed by atoms with Gasteiger partial charge in [-0.15, -0.1) is 0 Å². The standard InChI is InChI=1S/C27H40ClN2.ClH/c1-17(2)21-13-11-14-22(18(3)4)25(21)29(9)27(28)30(10)26-23(19(5)6)15-12-16-24(26)20(7)8;/h11-20H,1-10H3;1H/q+1;/p-1. The maximum absolute atomic E-state index is 7.13. The summed E-state index contributed by atoms with van der Waals surface area (Å²) in [5, 5.41) is 0.722. The van der Waals surface area contributed by atoms with E-state index in [-0.39, 0.29) is 12.4 Å². The van der Waals surface area contributed by atoms with Crippen molar-refractivity contribution in [2.75, 3.05) is 19.0 Å². The summed E-state index contributed by atoms with van der Waals surface area (Å²) < 4.78 is 2.17. The predicted molar refractivity (Wildman–Crippen MR) is 134 cm³/mol. The molecule has 0 aliphatic heterocycles. The molecule has 0 atom stereocenters. The second-order valence-corrected chi connectivity index (χ2v) is 9.91. The number of halogens is 2. The molecule has 0 bridgehead atoms. The van der Waals surface area contributed by atoms with E-state index in [9.17, 15) is 0 Å². The van der Waals surface area contributed by atoms with Crippen LogP contribution >= 0.6 is 11.6 Å². The van der Waals surface area contributed by atoms with E-state index in [1.54, 1.807) is 0 Å². The third-order valence-electron chi connectivity index (χ3n) is 5.91. The monoisotopic (exact) mass is 462 g/mol.